The van der Waals surface area contributed by atoms with Gasteiger partial charge >= 0.3 is 0 Å². The van der Waals surface area contributed by atoms with E-state index < -0.39 is 6.10 Å². The molecule has 21 heavy (non-hydrogen) atoms. The Labute approximate surface area is 132 Å². The molecule has 0 saturated carbocycles. The van der Waals surface area contributed by atoms with Gasteiger partial charge in [0, 0.05) is 34.3 Å². The fourth-order valence-electron chi connectivity index (χ4n) is 2.04. The van der Waals surface area contributed by atoms with Crippen LogP contribution in [-0.4, -0.2) is 81.3 Å². The number of nitrogens with two attached hydrogens (primary N) is 1. The average molecular weight is 324 g/mol. The van der Waals surface area contributed by atoms with Crippen molar-refractivity contribution >= 4 is 24.2 Å². The molecule has 0 aromatic carbocycles. The number of rotatable bonds is 7. The van der Waals surface area contributed by atoms with E-state index in [0.717, 1.165) is 6.42 Å². The van der Waals surface area contributed by atoms with Gasteiger partial charge in [-0.25, -0.2) is 0 Å². The normalized spacial score (nSPS) is 20.8. The zero-order valence-corrected chi connectivity index (χ0v) is 13.7. The molecule has 0 aliphatic carbocycles. The summed E-state index contributed by atoms with van der Waals surface area (Å²) in [5.74, 6) is -0.281. The van der Waals surface area contributed by atoms with E-state index in [1.165, 1.54) is 9.80 Å². The summed E-state index contributed by atoms with van der Waals surface area (Å²) >= 11 is 0. The van der Waals surface area contributed by atoms with E-state index >= 15 is 0 Å². The minimum atomic E-state index is -0.490. The Morgan fingerprint density at radius 2 is 2.00 bits per heavy atom. The summed E-state index contributed by atoms with van der Waals surface area (Å²) in [6.07, 6.45) is 0.889. The molecule has 0 spiro atoms. The summed E-state index contributed by atoms with van der Waals surface area (Å²) in [5.41, 5.74) is 5.54. The first kappa shape index (κ1) is 20.1. The van der Waals surface area contributed by atoms with Gasteiger partial charge in [-0.3, -0.25) is 9.59 Å². The van der Waals surface area contributed by atoms with Crippen LogP contribution in [0.1, 0.15) is 12.8 Å². The highest BCUT2D eigenvalue weighted by Gasteiger charge is 2.33. The van der Waals surface area contributed by atoms with E-state index in [1.807, 2.05) is 0 Å². The first-order valence-corrected chi connectivity index (χ1v) is 6.83. The molecule has 0 aromatic heterocycles. The third kappa shape index (κ3) is 6.17. The van der Waals surface area contributed by atoms with Crippen molar-refractivity contribution in [3.8, 4) is 0 Å². The molecular formula is C13H26ClN3O4. The SMILES string of the molecule is COCCN(CC(=O)N(C)C)C(=O)[C@@H]1CC[C@H](CN)O1.Cl. The molecule has 1 aliphatic rings. The Morgan fingerprint density at radius 3 is 2.48 bits per heavy atom. The zero-order chi connectivity index (χ0) is 15.1. The van der Waals surface area contributed by atoms with Crippen molar-refractivity contribution in [2.45, 2.75) is 25.0 Å². The molecular weight excluding hydrogens is 298 g/mol. The number of likely N-dealkylation sites (N-methyl/N-ethyl adjacent to an activating group) is 1. The lowest BCUT2D eigenvalue weighted by Crippen LogP contribution is -2.46. The van der Waals surface area contributed by atoms with Gasteiger partial charge in [0.05, 0.1) is 19.3 Å². The lowest BCUT2D eigenvalue weighted by atomic mass is 10.2. The van der Waals surface area contributed by atoms with Crippen molar-refractivity contribution in [1.82, 2.24) is 9.80 Å². The predicted molar refractivity (Wildman–Crippen MR) is 81.3 cm³/mol. The maximum Gasteiger partial charge on any atom is 0.252 e. The summed E-state index contributed by atoms with van der Waals surface area (Å²) in [5, 5.41) is 0. The maximum atomic E-state index is 12.4. The van der Waals surface area contributed by atoms with Crippen molar-refractivity contribution in [2.24, 2.45) is 5.73 Å². The molecule has 2 atom stereocenters. The molecule has 0 aromatic rings. The van der Waals surface area contributed by atoms with Gasteiger partial charge in [-0.05, 0) is 12.8 Å². The van der Waals surface area contributed by atoms with Gasteiger partial charge in [-0.15, -0.1) is 12.4 Å². The summed E-state index contributed by atoms with van der Waals surface area (Å²) in [4.78, 5) is 27.2. The second kappa shape index (κ2) is 9.94. The first-order chi connectivity index (χ1) is 9.49. The van der Waals surface area contributed by atoms with Crippen LogP contribution in [0.3, 0.4) is 0 Å². The van der Waals surface area contributed by atoms with Gasteiger partial charge in [0.1, 0.15) is 6.10 Å². The van der Waals surface area contributed by atoms with Crippen molar-refractivity contribution in [2.75, 3.05) is 47.4 Å². The number of halogens is 1. The van der Waals surface area contributed by atoms with Crippen LogP contribution >= 0.6 is 12.4 Å². The molecule has 1 saturated heterocycles. The summed E-state index contributed by atoms with van der Waals surface area (Å²) in [6.45, 7) is 1.22. The summed E-state index contributed by atoms with van der Waals surface area (Å²) < 4.78 is 10.6. The second-order valence-electron chi connectivity index (χ2n) is 5.10. The van der Waals surface area contributed by atoms with E-state index in [4.69, 9.17) is 15.2 Å². The van der Waals surface area contributed by atoms with E-state index in [-0.39, 0.29) is 36.9 Å². The van der Waals surface area contributed by atoms with Crippen molar-refractivity contribution in [1.29, 1.82) is 0 Å². The Bertz CT molecular complexity index is 341. The van der Waals surface area contributed by atoms with Crippen LogP contribution < -0.4 is 5.73 Å². The number of methoxy groups -OCH3 is 1. The van der Waals surface area contributed by atoms with Gasteiger partial charge in [0.15, 0.2) is 0 Å². The number of nitrogens with zero attached hydrogens (tertiary/aromatic N) is 2. The summed E-state index contributed by atoms with van der Waals surface area (Å²) in [7, 11) is 4.89. The third-order valence-corrected chi connectivity index (χ3v) is 3.35. The third-order valence-electron chi connectivity index (χ3n) is 3.35. The largest absolute Gasteiger partial charge is 0.383 e. The smallest absolute Gasteiger partial charge is 0.252 e. The Kier molecular flexibility index (Phi) is 9.52. The van der Waals surface area contributed by atoms with E-state index in [0.29, 0.717) is 26.1 Å². The predicted octanol–water partition coefficient (Wildman–Crippen LogP) is -0.522. The second-order valence-corrected chi connectivity index (χ2v) is 5.10. The molecule has 0 unspecified atom stereocenters. The summed E-state index contributed by atoms with van der Waals surface area (Å²) in [6, 6.07) is 0. The molecule has 124 valence electrons. The molecule has 1 rings (SSSR count). The topological polar surface area (TPSA) is 85.1 Å². The lowest BCUT2D eigenvalue weighted by Gasteiger charge is -2.26. The van der Waals surface area contributed by atoms with Crippen LogP contribution in [-0.2, 0) is 19.1 Å². The highest BCUT2D eigenvalue weighted by Crippen LogP contribution is 2.20. The number of carbonyl (C=O) groups is 2. The fourth-order valence-corrected chi connectivity index (χ4v) is 2.04. The Balaban J connectivity index is 0.00000400. The molecule has 1 heterocycles. The van der Waals surface area contributed by atoms with Gasteiger partial charge in [0.25, 0.3) is 5.91 Å². The zero-order valence-electron chi connectivity index (χ0n) is 12.9. The molecule has 2 amide bonds. The van der Waals surface area contributed by atoms with Gasteiger partial charge in [-0.1, -0.05) is 0 Å². The number of amides is 2. The van der Waals surface area contributed by atoms with Crippen LogP contribution in [0, 0.1) is 0 Å². The van der Waals surface area contributed by atoms with Crippen LogP contribution in [0.25, 0.3) is 0 Å². The molecule has 7 nitrogen and oxygen atoms in total. The molecule has 2 N–H and O–H groups in total. The maximum absolute atomic E-state index is 12.4. The molecule has 1 aliphatic heterocycles. The Morgan fingerprint density at radius 1 is 1.33 bits per heavy atom. The van der Waals surface area contributed by atoms with E-state index in [2.05, 4.69) is 0 Å². The minimum absolute atomic E-state index is 0. The van der Waals surface area contributed by atoms with Crippen LogP contribution in [0.15, 0.2) is 0 Å². The van der Waals surface area contributed by atoms with Crippen LogP contribution in [0.2, 0.25) is 0 Å². The van der Waals surface area contributed by atoms with E-state index in [1.54, 1.807) is 21.2 Å². The number of hydrogen-bond acceptors (Lipinski definition) is 5. The molecule has 0 radical (unpaired) electrons. The van der Waals surface area contributed by atoms with Crippen molar-refractivity contribution < 1.29 is 19.1 Å². The fraction of sp³-hybridized carbons (Fsp3) is 0.846. The highest BCUT2D eigenvalue weighted by molar-refractivity contribution is 5.87. The Hall–Kier alpha value is -0.890. The van der Waals surface area contributed by atoms with E-state index in [9.17, 15) is 9.59 Å². The molecule has 8 heteroatoms. The first-order valence-electron chi connectivity index (χ1n) is 6.83. The van der Waals surface area contributed by atoms with Crippen molar-refractivity contribution in [3.05, 3.63) is 0 Å². The van der Waals surface area contributed by atoms with Crippen molar-refractivity contribution in [3.63, 3.8) is 0 Å². The number of hydrogen-bond donors (Lipinski definition) is 1. The number of ether oxygens (including phenoxy) is 2. The van der Waals surface area contributed by atoms with Gasteiger partial charge in [-0.2, -0.15) is 0 Å². The highest BCUT2D eigenvalue weighted by atomic mass is 35.5. The molecule has 0 bridgehead atoms. The van der Waals surface area contributed by atoms with Crippen LogP contribution in [0.4, 0.5) is 0 Å². The van der Waals surface area contributed by atoms with Gasteiger partial charge in [0.2, 0.25) is 5.91 Å². The monoisotopic (exact) mass is 323 g/mol. The standard InChI is InChI=1S/C13H25N3O4.ClH/c1-15(2)12(17)9-16(6-7-19-3)13(18)11-5-4-10(8-14)20-11;/h10-11H,4-9,14H2,1-3H3;1H/t10-,11+;/m1./s1. The average Bonchev–Trinajstić information content (AvgIpc) is 2.91. The number of carbonyl (C=O) groups excluding carboxylic acids is 2. The quantitative estimate of drug-likeness (QED) is 0.681. The lowest BCUT2D eigenvalue weighted by molar-refractivity contribution is -0.147. The molecule has 1 fully saturated rings. The minimum Gasteiger partial charge on any atom is -0.383 e. The van der Waals surface area contributed by atoms with Crippen LogP contribution in [0.5, 0.6) is 0 Å². The van der Waals surface area contributed by atoms with Gasteiger partial charge < -0.3 is 25.0 Å².